The van der Waals surface area contributed by atoms with Crippen molar-refractivity contribution < 1.29 is 4.74 Å². The standard InChI is InChI=1S/C14H22N2O/c1-3-12-10-16(8-4-7-15)13-9-11(2)5-6-14(13)17-12/h5-6,9,12H,3-4,7-8,10,15H2,1-2H3. The molecule has 1 atom stereocenters. The Balaban J connectivity index is 2.24. The van der Waals surface area contributed by atoms with E-state index < -0.39 is 0 Å². The van der Waals surface area contributed by atoms with Gasteiger partial charge in [-0.25, -0.2) is 0 Å². The lowest BCUT2D eigenvalue weighted by molar-refractivity contribution is 0.189. The maximum absolute atomic E-state index is 5.97. The van der Waals surface area contributed by atoms with Crippen molar-refractivity contribution in [2.45, 2.75) is 32.8 Å². The van der Waals surface area contributed by atoms with Gasteiger partial charge in [0.15, 0.2) is 0 Å². The van der Waals surface area contributed by atoms with Crippen LogP contribution >= 0.6 is 0 Å². The van der Waals surface area contributed by atoms with E-state index in [0.29, 0.717) is 6.10 Å². The molecular formula is C14H22N2O. The van der Waals surface area contributed by atoms with Crippen LogP contribution in [0, 0.1) is 6.92 Å². The van der Waals surface area contributed by atoms with Gasteiger partial charge in [0.1, 0.15) is 11.9 Å². The van der Waals surface area contributed by atoms with E-state index in [2.05, 4.69) is 36.9 Å². The smallest absolute Gasteiger partial charge is 0.143 e. The maximum Gasteiger partial charge on any atom is 0.143 e. The summed E-state index contributed by atoms with van der Waals surface area (Å²) in [6.07, 6.45) is 2.39. The van der Waals surface area contributed by atoms with E-state index in [-0.39, 0.29) is 0 Å². The average molecular weight is 234 g/mol. The van der Waals surface area contributed by atoms with E-state index in [1.165, 1.54) is 11.3 Å². The second-order valence-electron chi connectivity index (χ2n) is 4.71. The third-order valence-corrected chi connectivity index (χ3v) is 3.26. The summed E-state index contributed by atoms with van der Waals surface area (Å²) in [5, 5.41) is 0. The zero-order chi connectivity index (χ0) is 12.3. The quantitative estimate of drug-likeness (QED) is 0.869. The molecule has 1 aromatic rings. The molecule has 0 aliphatic carbocycles. The topological polar surface area (TPSA) is 38.5 Å². The van der Waals surface area contributed by atoms with Crippen molar-refractivity contribution in [1.82, 2.24) is 0 Å². The van der Waals surface area contributed by atoms with Gasteiger partial charge in [0.25, 0.3) is 0 Å². The van der Waals surface area contributed by atoms with Gasteiger partial charge >= 0.3 is 0 Å². The second-order valence-corrected chi connectivity index (χ2v) is 4.71. The first-order valence-corrected chi connectivity index (χ1v) is 6.47. The van der Waals surface area contributed by atoms with Crippen LogP contribution in [-0.2, 0) is 0 Å². The Morgan fingerprint density at radius 2 is 2.29 bits per heavy atom. The summed E-state index contributed by atoms with van der Waals surface area (Å²) in [7, 11) is 0. The van der Waals surface area contributed by atoms with Crippen LogP contribution in [0.15, 0.2) is 18.2 Å². The average Bonchev–Trinajstić information content (AvgIpc) is 2.35. The van der Waals surface area contributed by atoms with E-state index in [1.807, 2.05) is 0 Å². The molecule has 1 aliphatic heterocycles. The summed E-state index contributed by atoms with van der Waals surface area (Å²) < 4.78 is 5.97. The molecule has 0 spiro atoms. The molecule has 17 heavy (non-hydrogen) atoms. The van der Waals surface area contributed by atoms with Gasteiger partial charge in [-0.15, -0.1) is 0 Å². The lowest BCUT2D eigenvalue weighted by Crippen LogP contribution is -2.40. The van der Waals surface area contributed by atoms with Crippen molar-refractivity contribution in [2.24, 2.45) is 5.73 Å². The third-order valence-electron chi connectivity index (χ3n) is 3.26. The zero-order valence-corrected chi connectivity index (χ0v) is 10.8. The minimum atomic E-state index is 0.308. The summed E-state index contributed by atoms with van der Waals surface area (Å²) in [5.74, 6) is 1.02. The van der Waals surface area contributed by atoms with Gasteiger partial charge in [-0.1, -0.05) is 13.0 Å². The highest BCUT2D eigenvalue weighted by molar-refractivity contribution is 5.61. The van der Waals surface area contributed by atoms with E-state index in [9.17, 15) is 0 Å². The number of hydrogen-bond donors (Lipinski definition) is 1. The van der Waals surface area contributed by atoms with Crippen molar-refractivity contribution in [3.05, 3.63) is 23.8 Å². The maximum atomic E-state index is 5.97. The van der Waals surface area contributed by atoms with Crippen LogP contribution in [0.3, 0.4) is 0 Å². The van der Waals surface area contributed by atoms with E-state index in [4.69, 9.17) is 10.5 Å². The fraction of sp³-hybridized carbons (Fsp3) is 0.571. The molecule has 0 fully saturated rings. The number of hydrogen-bond acceptors (Lipinski definition) is 3. The summed E-state index contributed by atoms with van der Waals surface area (Å²) in [4.78, 5) is 2.41. The van der Waals surface area contributed by atoms with Crippen molar-refractivity contribution in [3.63, 3.8) is 0 Å². The molecule has 1 aromatic carbocycles. The van der Waals surface area contributed by atoms with Crippen molar-refractivity contribution >= 4 is 5.69 Å². The number of anilines is 1. The number of nitrogens with two attached hydrogens (primary N) is 1. The van der Waals surface area contributed by atoms with E-state index in [0.717, 1.165) is 38.2 Å². The first-order valence-electron chi connectivity index (χ1n) is 6.47. The highest BCUT2D eigenvalue weighted by atomic mass is 16.5. The van der Waals surface area contributed by atoms with Crippen LogP contribution in [0.5, 0.6) is 5.75 Å². The van der Waals surface area contributed by atoms with Gasteiger partial charge < -0.3 is 15.4 Å². The van der Waals surface area contributed by atoms with Crippen LogP contribution in [0.4, 0.5) is 5.69 Å². The lowest BCUT2D eigenvalue weighted by atomic mass is 10.1. The Kier molecular flexibility index (Phi) is 3.89. The zero-order valence-electron chi connectivity index (χ0n) is 10.8. The van der Waals surface area contributed by atoms with Crippen molar-refractivity contribution in [1.29, 1.82) is 0 Å². The Bertz CT molecular complexity index is 378. The van der Waals surface area contributed by atoms with Crippen molar-refractivity contribution in [3.8, 4) is 5.75 Å². The number of fused-ring (bicyclic) bond motifs is 1. The van der Waals surface area contributed by atoms with Crippen LogP contribution in [0.25, 0.3) is 0 Å². The molecule has 1 heterocycles. The predicted molar refractivity (Wildman–Crippen MR) is 71.8 cm³/mol. The van der Waals surface area contributed by atoms with Crippen LogP contribution in [0.1, 0.15) is 25.3 Å². The normalized spacial score (nSPS) is 18.8. The van der Waals surface area contributed by atoms with Gasteiger partial charge in [-0.2, -0.15) is 0 Å². The Labute approximate surface area is 104 Å². The molecule has 0 saturated carbocycles. The van der Waals surface area contributed by atoms with Gasteiger partial charge in [-0.3, -0.25) is 0 Å². The Hall–Kier alpha value is -1.22. The molecule has 3 heteroatoms. The van der Waals surface area contributed by atoms with Gasteiger partial charge in [0, 0.05) is 6.54 Å². The Morgan fingerprint density at radius 3 is 3.00 bits per heavy atom. The molecule has 94 valence electrons. The molecule has 2 rings (SSSR count). The molecule has 3 nitrogen and oxygen atoms in total. The summed E-state index contributed by atoms with van der Waals surface area (Å²) >= 11 is 0. The van der Waals surface area contributed by atoms with Gasteiger partial charge in [-0.05, 0) is 44.0 Å². The highest BCUT2D eigenvalue weighted by Crippen LogP contribution is 2.34. The summed E-state index contributed by atoms with van der Waals surface area (Å²) in [5.41, 5.74) is 8.11. The molecule has 2 N–H and O–H groups in total. The molecule has 0 radical (unpaired) electrons. The molecule has 1 aliphatic rings. The fourth-order valence-corrected chi connectivity index (χ4v) is 2.24. The molecule has 0 saturated heterocycles. The largest absolute Gasteiger partial charge is 0.486 e. The summed E-state index contributed by atoms with van der Waals surface area (Å²) in [6, 6.07) is 6.40. The van der Waals surface area contributed by atoms with E-state index in [1.54, 1.807) is 0 Å². The molecule has 0 amide bonds. The first kappa shape index (κ1) is 12.2. The van der Waals surface area contributed by atoms with Crippen LogP contribution < -0.4 is 15.4 Å². The monoisotopic (exact) mass is 234 g/mol. The SMILES string of the molecule is CCC1CN(CCCN)c2cc(C)ccc2O1. The van der Waals surface area contributed by atoms with Gasteiger partial charge in [0.2, 0.25) is 0 Å². The van der Waals surface area contributed by atoms with E-state index >= 15 is 0 Å². The molecule has 0 aromatic heterocycles. The molecule has 1 unspecified atom stereocenters. The minimum Gasteiger partial charge on any atom is -0.486 e. The van der Waals surface area contributed by atoms with Gasteiger partial charge in [0.05, 0.1) is 12.2 Å². The lowest BCUT2D eigenvalue weighted by Gasteiger charge is -2.36. The number of nitrogens with zero attached hydrogens (tertiary/aromatic N) is 1. The Morgan fingerprint density at radius 1 is 1.47 bits per heavy atom. The van der Waals surface area contributed by atoms with Crippen LogP contribution in [-0.4, -0.2) is 25.7 Å². The minimum absolute atomic E-state index is 0.308. The van der Waals surface area contributed by atoms with Crippen molar-refractivity contribution in [2.75, 3.05) is 24.5 Å². The number of benzene rings is 1. The molecule has 0 bridgehead atoms. The highest BCUT2D eigenvalue weighted by Gasteiger charge is 2.23. The first-order chi connectivity index (χ1) is 8.24. The third kappa shape index (κ3) is 2.72. The second kappa shape index (κ2) is 5.41. The van der Waals surface area contributed by atoms with Crippen LogP contribution in [0.2, 0.25) is 0 Å². The molecular weight excluding hydrogens is 212 g/mol. The predicted octanol–water partition coefficient (Wildman–Crippen LogP) is 2.32. The fourth-order valence-electron chi connectivity index (χ4n) is 2.24. The number of ether oxygens (including phenoxy) is 1. The number of aryl methyl sites for hydroxylation is 1. The number of rotatable bonds is 4. The summed E-state index contributed by atoms with van der Waals surface area (Å²) in [6.45, 7) is 7.04.